The molecule has 0 atom stereocenters. The minimum atomic E-state index is -0.556. The van der Waals surface area contributed by atoms with E-state index in [4.69, 9.17) is 18.6 Å². The summed E-state index contributed by atoms with van der Waals surface area (Å²) in [6.07, 6.45) is 17.6. The second-order valence-corrected chi connectivity index (χ2v) is 21.1. The van der Waals surface area contributed by atoms with E-state index in [9.17, 15) is 0 Å². The minimum Gasteiger partial charge on any atom is -0.161 e. The predicted octanol–water partition coefficient (Wildman–Crippen LogP) is 12.7. The molecule has 0 nitrogen and oxygen atoms in total. The van der Waals surface area contributed by atoms with Gasteiger partial charge in [-0.3, -0.25) is 0 Å². The van der Waals surface area contributed by atoms with Gasteiger partial charge < -0.3 is 0 Å². The maximum atomic E-state index is 4.89. The molecular formula is C38H52Cl2P2Ti-2. The van der Waals surface area contributed by atoms with Crippen LogP contribution in [-0.2, 0) is 17.0 Å². The van der Waals surface area contributed by atoms with Crippen LogP contribution in [0.15, 0.2) is 72.8 Å². The molecule has 43 heavy (non-hydrogen) atoms. The molecule has 2 aliphatic carbocycles. The largest absolute Gasteiger partial charge is 0.161 e. The molecule has 0 aromatic heterocycles. The maximum Gasteiger partial charge on any atom is -0.0181 e. The van der Waals surface area contributed by atoms with Gasteiger partial charge in [0.15, 0.2) is 0 Å². The summed E-state index contributed by atoms with van der Waals surface area (Å²) in [7, 11) is 9.86. The summed E-state index contributed by atoms with van der Waals surface area (Å²) in [6.45, 7) is 9.38. The van der Waals surface area contributed by atoms with Crippen LogP contribution in [0.2, 0.25) is 0 Å². The van der Waals surface area contributed by atoms with E-state index in [1.54, 1.807) is 10.6 Å². The summed E-state index contributed by atoms with van der Waals surface area (Å²) < 4.78 is 0. The van der Waals surface area contributed by atoms with Gasteiger partial charge in [0.1, 0.15) is 0 Å². The molecule has 0 radical (unpaired) electrons. The summed E-state index contributed by atoms with van der Waals surface area (Å²) in [5.74, 6) is 1.60. The van der Waals surface area contributed by atoms with E-state index < -0.39 is 17.0 Å². The first kappa shape index (κ1) is 35.7. The zero-order valence-corrected chi connectivity index (χ0v) is 31.7. The van der Waals surface area contributed by atoms with Gasteiger partial charge in [0.2, 0.25) is 0 Å². The number of hydrogen-bond donors (Lipinski definition) is 0. The summed E-state index contributed by atoms with van der Waals surface area (Å²) in [5.41, 5.74) is 2.03. The molecule has 234 valence electrons. The molecular weight excluding hydrogens is 637 g/mol. The predicted molar refractivity (Wildman–Crippen MR) is 197 cm³/mol. The van der Waals surface area contributed by atoms with Crippen molar-refractivity contribution in [3.8, 4) is 0 Å². The smallest absolute Gasteiger partial charge is 0.0181 e. The van der Waals surface area contributed by atoms with Crippen LogP contribution in [0, 0.1) is 11.8 Å². The van der Waals surface area contributed by atoms with Crippen LogP contribution in [0.25, 0.3) is 21.5 Å². The van der Waals surface area contributed by atoms with Crippen LogP contribution in [0.5, 0.6) is 0 Å². The van der Waals surface area contributed by atoms with Crippen molar-refractivity contribution < 1.29 is 17.0 Å². The molecule has 0 saturated heterocycles. The first-order chi connectivity index (χ1) is 20.9. The van der Waals surface area contributed by atoms with Gasteiger partial charge in [0.05, 0.1) is 0 Å². The Kier molecular flexibility index (Phi) is 15.6. The first-order valence-electron chi connectivity index (χ1n) is 16.7. The van der Waals surface area contributed by atoms with Crippen molar-refractivity contribution in [2.24, 2.45) is 11.8 Å². The summed E-state index contributed by atoms with van der Waals surface area (Å²) in [6, 6.07) is 27.7. The zero-order valence-electron chi connectivity index (χ0n) is 26.9. The average Bonchev–Trinajstić information content (AvgIpc) is 3.63. The normalized spacial score (nSPS) is 16.5. The maximum absolute atomic E-state index is 4.89. The molecule has 0 heterocycles. The van der Waals surface area contributed by atoms with Crippen molar-refractivity contribution in [3.63, 3.8) is 0 Å². The van der Waals surface area contributed by atoms with Gasteiger partial charge in [-0.05, 0) is 61.2 Å². The third-order valence-corrected chi connectivity index (χ3v) is 15.8. The Hall–Kier alpha value is -0.186. The van der Waals surface area contributed by atoms with Crippen LogP contribution in [-0.4, -0.2) is 23.6 Å². The van der Waals surface area contributed by atoms with Crippen molar-refractivity contribution >= 4 is 66.6 Å². The average molecular weight is 690 g/mol. The summed E-state index contributed by atoms with van der Waals surface area (Å²) in [4.78, 5) is 0. The van der Waals surface area contributed by atoms with Crippen LogP contribution in [0.1, 0.15) is 91.9 Å². The van der Waals surface area contributed by atoms with E-state index in [0.717, 1.165) is 23.2 Å². The van der Waals surface area contributed by atoms with Gasteiger partial charge in [0.25, 0.3) is 0 Å². The first-order valence-corrected chi connectivity index (χ1v) is 24.2. The Balaban J connectivity index is 0.000000184. The van der Waals surface area contributed by atoms with Crippen molar-refractivity contribution in [1.29, 1.82) is 0 Å². The van der Waals surface area contributed by atoms with Gasteiger partial charge in [-0.15, -0.1) is 80.7 Å². The second-order valence-electron chi connectivity index (χ2n) is 13.4. The van der Waals surface area contributed by atoms with Gasteiger partial charge in [-0.1, -0.05) is 94.2 Å². The van der Waals surface area contributed by atoms with E-state index >= 15 is 0 Å². The number of benzene rings is 2. The molecule has 2 fully saturated rings. The van der Waals surface area contributed by atoms with Crippen molar-refractivity contribution in [2.45, 2.75) is 103 Å². The fourth-order valence-corrected chi connectivity index (χ4v) is 14.0. The fraction of sp³-hybridized carbons (Fsp3) is 0.526. The zero-order chi connectivity index (χ0) is 30.6. The molecule has 0 spiro atoms. The Morgan fingerprint density at radius 2 is 1.05 bits per heavy atom. The van der Waals surface area contributed by atoms with E-state index in [1.807, 2.05) is 0 Å². The minimum absolute atomic E-state index is 0.0185. The van der Waals surface area contributed by atoms with Crippen molar-refractivity contribution in [2.75, 3.05) is 12.3 Å². The van der Waals surface area contributed by atoms with E-state index in [1.165, 1.54) is 98.1 Å². The molecule has 4 aromatic rings. The molecule has 0 bridgehead atoms. The Morgan fingerprint density at radius 1 is 0.651 bits per heavy atom. The number of rotatable bonds is 8. The Morgan fingerprint density at radius 3 is 1.47 bits per heavy atom. The number of hydrogen-bond acceptors (Lipinski definition) is 0. The van der Waals surface area contributed by atoms with E-state index in [2.05, 4.69) is 100 Å². The topological polar surface area (TPSA) is 0 Å². The SMILES string of the molecule is CC(C)CP(CC(C)C)c1cc2ccccc2[cH-]1.[Cl][Ti][Cl].c1ccc2[cH-]c(P(C3CCCCC3)C3CCCCC3)cc2c1. The van der Waals surface area contributed by atoms with Gasteiger partial charge in [0, 0.05) is 0 Å². The fourth-order valence-electron chi connectivity index (χ4n) is 7.20. The Labute approximate surface area is 282 Å². The molecule has 5 heteroatoms. The number of halogens is 2. The Bertz CT molecular complexity index is 1240. The molecule has 2 aliphatic rings. The third-order valence-electron chi connectivity index (χ3n) is 8.98. The molecule has 0 N–H and O–H groups in total. The quantitative estimate of drug-likeness (QED) is 0.0982. The van der Waals surface area contributed by atoms with Crippen molar-refractivity contribution in [3.05, 3.63) is 72.8 Å². The standard InChI is InChI=1S/C21H28P.C17H24P.2ClH.Ti/c1-3-11-19(12-4-1)22(20-13-5-2-6-14-20)21-15-17-9-7-8-10-18(17)16-21;1-13(2)11-18(12-14(3)4)17-9-15-7-5-6-8-16(15)10-17;;;/h7-10,15-16,19-20H,1-6,11-14H2;5-10,13-14H,11-12H2,1-4H3;2*1H;/q2*-1;;;+2/p-2. The van der Waals surface area contributed by atoms with Gasteiger partial charge in [-0.25, -0.2) is 0 Å². The van der Waals surface area contributed by atoms with Crippen LogP contribution < -0.4 is 10.6 Å². The molecule has 0 aliphatic heterocycles. The molecule has 0 unspecified atom stereocenters. The number of fused-ring (bicyclic) bond motifs is 2. The van der Waals surface area contributed by atoms with E-state index in [-0.39, 0.29) is 15.8 Å². The van der Waals surface area contributed by atoms with Crippen LogP contribution >= 0.6 is 34.5 Å². The molecule has 2 saturated carbocycles. The van der Waals surface area contributed by atoms with Crippen LogP contribution in [0.4, 0.5) is 0 Å². The summed E-state index contributed by atoms with van der Waals surface area (Å²) >= 11 is -0.556. The van der Waals surface area contributed by atoms with Gasteiger partial charge >= 0.3 is 35.6 Å². The second kappa shape index (κ2) is 18.8. The summed E-state index contributed by atoms with van der Waals surface area (Å²) in [5, 5.41) is 9.09. The van der Waals surface area contributed by atoms with Crippen LogP contribution in [0.3, 0.4) is 0 Å². The van der Waals surface area contributed by atoms with Crippen molar-refractivity contribution in [1.82, 2.24) is 0 Å². The molecule has 0 amide bonds. The monoisotopic (exact) mass is 688 g/mol. The van der Waals surface area contributed by atoms with Gasteiger partial charge in [-0.2, -0.15) is 12.1 Å². The van der Waals surface area contributed by atoms with E-state index in [0.29, 0.717) is 0 Å². The molecule has 6 rings (SSSR count). The third kappa shape index (κ3) is 10.9. The molecule has 4 aromatic carbocycles.